The molecule has 2 heterocycles. The molecule has 1 aliphatic heterocycles. The molecule has 3 rings (SSSR count). The van der Waals surface area contributed by atoms with Crippen molar-refractivity contribution in [2.75, 3.05) is 13.1 Å². The first-order valence-corrected chi connectivity index (χ1v) is 8.55. The maximum absolute atomic E-state index is 4.33. The van der Waals surface area contributed by atoms with Crippen LogP contribution < -0.4 is 5.32 Å². The van der Waals surface area contributed by atoms with E-state index in [-0.39, 0.29) is 0 Å². The summed E-state index contributed by atoms with van der Waals surface area (Å²) in [6, 6.07) is 0.637. The van der Waals surface area contributed by atoms with Crippen LogP contribution in [0.5, 0.6) is 0 Å². The zero-order valence-electron chi connectivity index (χ0n) is 13.8. The fourth-order valence-electron chi connectivity index (χ4n) is 4.19. The Labute approximate surface area is 128 Å². The Bertz CT molecular complexity index is 459. The predicted octanol–water partition coefficient (Wildman–Crippen LogP) is 2.55. The van der Waals surface area contributed by atoms with Gasteiger partial charge in [-0.2, -0.15) is 5.10 Å². The van der Waals surface area contributed by atoms with Crippen molar-refractivity contribution in [3.05, 3.63) is 18.0 Å². The standard InChI is InChI=1S/C17H30N4/c1-14(2)16-10-18-17(7-5-4-6-8-17)13-21(16)12-15-9-19-20(3)11-15/h9,11,14,16,18H,4-8,10,12-13H2,1-3H3. The molecule has 2 fully saturated rings. The van der Waals surface area contributed by atoms with Crippen molar-refractivity contribution in [3.8, 4) is 0 Å². The zero-order valence-corrected chi connectivity index (χ0v) is 13.8. The molecule has 1 unspecified atom stereocenters. The number of piperazine rings is 1. The van der Waals surface area contributed by atoms with Gasteiger partial charge in [-0.25, -0.2) is 0 Å². The summed E-state index contributed by atoms with van der Waals surface area (Å²) in [4.78, 5) is 2.71. The number of aryl methyl sites for hydroxylation is 1. The lowest BCUT2D eigenvalue weighted by atomic mass is 9.78. The lowest BCUT2D eigenvalue weighted by Crippen LogP contribution is -2.65. The number of aromatic nitrogens is 2. The number of nitrogens with zero attached hydrogens (tertiary/aromatic N) is 3. The normalized spacial score (nSPS) is 26.6. The molecular formula is C17H30N4. The highest BCUT2D eigenvalue weighted by Crippen LogP contribution is 2.33. The fraction of sp³-hybridized carbons (Fsp3) is 0.824. The van der Waals surface area contributed by atoms with Crippen molar-refractivity contribution < 1.29 is 0 Å². The lowest BCUT2D eigenvalue weighted by Gasteiger charge is -2.51. The molecule has 0 bridgehead atoms. The molecule has 1 aliphatic carbocycles. The quantitative estimate of drug-likeness (QED) is 0.929. The predicted molar refractivity (Wildman–Crippen MR) is 86.1 cm³/mol. The number of hydrogen-bond acceptors (Lipinski definition) is 3. The Morgan fingerprint density at radius 3 is 2.71 bits per heavy atom. The molecule has 0 amide bonds. The van der Waals surface area contributed by atoms with Crippen LogP contribution in [0.4, 0.5) is 0 Å². The van der Waals surface area contributed by atoms with E-state index < -0.39 is 0 Å². The van der Waals surface area contributed by atoms with Crippen molar-refractivity contribution in [3.63, 3.8) is 0 Å². The van der Waals surface area contributed by atoms with Gasteiger partial charge in [-0.15, -0.1) is 0 Å². The molecule has 2 aliphatic rings. The summed E-state index contributed by atoms with van der Waals surface area (Å²) in [7, 11) is 2.00. The van der Waals surface area contributed by atoms with Crippen LogP contribution in [0.2, 0.25) is 0 Å². The summed E-state index contributed by atoms with van der Waals surface area (Å²) in [6.45, 7) is 8.08. The average molecular weight is 290 g/mol. The third-order valence-corrected chi connectivity index (χ3v) is 5.39. The average Bonchev–Trinajstić information content (AvgIpc) is 2.85. The van der Waals surface area contributed by atoms with Gasteiger partial charge in [0.2, 0.25) is 0 Å². The summed E-state index contributed by atoms with van der Waals surface area (Å²) in [5.41, 5.74) is 1.72. The highest BCUT2D eigenvalue weighted by molar-refractivity contribution is 5.07. The SMILES string of the molecule is CC(C)C1CNC2(CCCCC2)CN1Cc1cnn(C)c1. The van der Waals surface area contributed by atoms with E-state index >= 15 is 0 Å². The Hall–Kier alpha value is -0.870. The smallest absolute Gasteiger partial charge is 0.0534 e. The monoisotopic (exact) mass is 290 g/mol. The molecule has 1 saturated heterocycles. The van der Waals surface area contributed by atoms with Crippen LogP contribution in [0.25, 0.3) is 0 Å². The summed E-state index contributed by atoms with van der Waals surface area (Å²) in [6.07, 6.45) is 11.1. The summed E-state index contributed by atoms with van der Waals surface area (Å²) in [5, 5.41) is 8.25. The maximum atomic E-state index is 4.33. The molecule has 118 valence electrons. The van der Waals surface area contributed by atoms with Crippen LogP contribution in [0, 0.1) is 5.92 Å². The molecule has 1 aromatic heterocycles. The van der Waals surface area contributed by atoms with Crippen LogP contribution in [-0.4, -0.2) is 39.4 Å². The molecule has 0 aromatic carbocycles. The molecular weight excluding hydrogens is 260 g/mol. The van der Waals surface area contributed by atoms with E-state index in [9.17, 15) is 0 Å². The Balaban J connectivity index is 1.74. The van der Waals surface area contributed by atoms with Gasteiger partial charge in [0.15, 0.2) is 0 Å². The minimum Gasteiger partial charge on any atom is -0.308 e. The van der Waals surface area contributed by atoms with Gasteiger partial charge in [-0.05, 0) is 18.8 Å². The van der Waals surface area contributed by atoms with E-state index in [4.69, 9.17) is 0 Å². The van der Waals surface area contributed by atoms with E-state index in [1.54, 1.807) is 0 Å². The largest absolute Gasteiger partial charge is 0.308 e. The van der Waals surface area contributed by atoms with Crippen LogP contribution >= 0.6 is 0 Å². The molecule has 0 radical (unpaired) electrons. The van der Waals surface area contributed by atoms with Crippen LogP contribution in [0.1, 0.15) is 51.5 Å². The van der Waals surface area contributed by atoms with Gasteiger partial charge in [-0.1, -0.05) is 33.1 Å². The van der Waals surface area contributed by atoms with Gasteiger partial charge in [0.1, 0.15) is 0 Å². The van der Waals surface area contributed by atoms with Crippen molar-refractivity contribution in [1.29, 1.82) is 0 Å². The van der Waals surface area contributed by atoms with E-state index in [0.717, 1.165) is 13.1 Å². The van der Waals surface area contributed by atoms with E-state index in [1.807, 2.05) is 17.9 Å². The number of hydrogen-bond donors (Lipinski definition) is 1. The molecule has 1 atom stereocenters. The molecule has 1 N–H and O–H groups in total. The van der Waals surface area contributed by atoms with E-state index in [0.29, 0.717) is 17.5 Å². The molecule has 1 aromatic rings. The van der Waals surface area contributed by atoms with Crippen molar-refractivity contribution in [1.82, 2.24) is 20.0 Å². The van der Waals surface area contributed by atoms with Gasteiger partial charge >= 0.3 is 0 Å². The Morgan fingerprint density at radius 1 is 1.33 bits per heavy atom. The molecule has 4 nitrogen and oxygen atoms in total. The first kappa shape index (κ1) is 15.0. The van der Waals surface area contributed by atoms with Crippen molar-refractivity contribution in [2.45, 2.75) is 64.1 Å². The minimum atomic E-state index is 0.381. The van der Waals surface area contributed by atoms with Crippen molar-refractivity contribution >= 4 is 0 Å². The van der Waals surface area contributed by atoms with Gasteiger partial charge in [0.05, 0.1) is 6.20 Å². The zero-order chi connectivity index (χ0) is 14.9. The maximum Gasteiger partial charge on any atom is 0.0534 e. The van der Waals surface area contributed by atoms with Gasteiger partial charge < -0.3 is 5.32 Å². The first-order valence-electron chi connectivity index (χ1n) is 8.55. The van der Waals surface area contributed by atoms with Gasteiger partial charge in [0.25, 0.3) is 0 Å². The van der Waals surface area contributed by atoms with Gasteiger partial charge in [-0.3, -0.25) is 9.58 Å². The second-order valence-corrected chi connectivity index (χ2v) is 7.46. The molecule has 1 saturated carbocycles. The number of nitrogens with one attached hydrogen (secondary N) is 1. The Morgan fingerprint density at radius 2 is 2.10 bits per heavy atom. The minimum absolute atomic E-state index is 0.381. The lowest BCUT2D eigenvalue weighted by molar-refractivity contribution is 0.0309. The number of rotatable bonds is 3. The highest BCUT2D eigenvalue weighted by Gasteiger charge is 2.40. The van der Waals surface area contributed by atoms with Gasteiger partial charge in [0, 0.05) is 50.0 Å². The van der Waals surface area contributed by atoms with Crippen molar-refractivity contribution in [2.24, 2.45) is 13.0 Å². The van der Waals surface area contributed by atoms with Crippen LogP contribution in [0.15, 0.2) is 12.4 Å². The molecule has 21 heavy (non-hydrogen) atoms. The fourth-order valence-corrected chi connectivity index (χ4v) is 4.19. The summed E-state index contributed by atoms with van der Waals surface area (Å²) in [5.74, 6) is 0.690. The second-order valence-electron chi connectivity index (χ2n) is 7.46. The Kier molecular flexibility index (Phi) is 4.36. The summed E-state index contributed by atoms with van der Waals surface area (Å²) >= 11 is 0. The molecule has 1 spiro atoms. The van der Waals surface area contributed by atoms with Crippen LogP contribution in [-0.2, 0) is 13.6 Å². The van der Waals surface area contributed by atoms with E-state index in [2.05, 4.69) is 35.4 Å². The summed E-state index contributed by atoms with van der Waals surface area (Å²) < 4.78 is 1.91. The van der Waals surface area contributed by atoms with Crippen LogP contribution in [0.3, 0.4) is 0 Å². The topological polar surface area (TPSA) is 33.1 Å². The molecule has 4 heteroatoms. The third-order valence-electron chi connectivity index (χ3n) is 5.39. The first-order chi connectivity index (χ1) is 10.1. The second kappa shape index (κ2) is 6.09. The highest BCUT2D eigenvalue weighted by atomic mass is 15.3. The van der Waals surface area contributed by atoms with E-state index in [1.165, 1.54) is 44.2 Å². The third kappa shape index (κ3) is 3.32.